The van der Waals surface area contributed by atoms with Gasteiger partial charge in [-0.15, -0.1) is 0 Å². The molecule has 0 unspecified atom stereocenters. The lowest BCUT2D eigenvalue weighted by Gasteiger charge is -2.11. The van der Waals surface area contributed by atoms with Gasteiger partial charge in [-0.3, -0.25) is 9.59 Å². The number of hydrogen-bond donors (Lipinski definition) is 0. The molecule has 0 bridgehead atoms. The molecule has 0 aliphatic heterocycles. The van der Waals surface area contributed by atoms with Gasteiger partial charge in [0.1, 0.15) is 11.5 Å². The SMILES string of the molecule is CC(=O)OC1=CCC1.CC(=O)OC1=CCC1. The van der Waals surface area contributed by atoms with E-state index < -0.39 is 0 Å². The van der Waals surface area contributed by atoms with Crippen molar-refractivity contribution in [3.8, 4) is 0 Å². The molecule has 2 rings (SSSR count). The molecule has 0 saturated heterocycles. The maximum absolute atomic E-state index is 10.2. The molecule has 0 saturated carbocycles. The zero-order valence-corrected chi connectivity index (χ0v) is 9.62. The van der Waals surface area contributed by atoms with Crippen molar-refractivity contribution in [3.63, 3.8) is 0 Å². The third-order valence-corrected chi connectivity index (χ3v) is 2.08. The van der Waals surface area contributed by atoms with Gasteiger partial charge in [0.2, 0.25) is 0 Å². The number of allylic oxidation sites excluding steroid dienone is 4. The Morgan fingerprint density at radius 2 is 1.25 bits per heavy atom. The van der Waals surface area contributed by atoms with Gasteiger partial charge in [-0.05, 0) is 25.0 Å². The van der Waals surface area contributed by atoms with E-state index in [4.69, 9.17) is 9.47 Å². The summed E-state index contributed by atoms with van der Waals surface area (Å²) in [5.41, 5.74) is 0. The molecule has 0 fully saturated rings. The Morgan fingerprint density at radius 3 is 1.31 bits per heavy atom. The maximum atomic E-state index is 10.2. The second-order valence-corrected chi connectivity index (χ2v) is 3.61. The van der Waals surface area contributed by atoms with E-state index in [0.717, 1.165) is 37.2 Å². The molecule has 0 heterocycles. The molecular weight excluding hydrogens is 208 g/mol. The van der Waals surface area contributed by atoms with Gasteiger partial charge in [0.25, 0.3) is 0 Å². The standard InChI is InChI=1S/2C6H8O2/c2*1-5(7)8-6-3-2-4-6/h2*3H,2,4H2,1H3. The van der Waals surface area contributed by atoms with E-state index in [9.17, 15) is 9.59 Å². The van der Waals surface area contributed by atoms with Crippen LogP contribution in [0.1, 0.15) is 39.5 Å². The lowest BCUT2D eigenvalue weighted by molar-refractivity contribution is -0.138. The van der Waals surface area contributed by atoms with Gasteiger partial charge >= 0.3 is 11.9 Å². The lowest BCUT2D eigenvalue weighted by atomic mass is 10.1. The van der Waals surface area contributed by atoms with Gasteiger partial charge < -0.3 is 9.47 Å². The van der Waals surface area contributed by atoms with Crippen LogP contribution in [0.3, 0.4) is 0 Å². The summed E-state index contributed by atoms with van der Waals surface area (Å²) in [7, 11) is 0. The number of esters is 2. The fourth-order valence-corrected chi connectivity index (χ4v) is 1.08. The van der Waals surface area contributed by atoms with E-state index in [1.165, 1.54) is 13.8 Å². The summed E-state index contributed by atoms with van der Waals surface area (Å²) >= 11 is 0. The van der Waals surface area contributed by atoms with Crippen LogP contribution in [0, 0.1) is 0 Å². The number of rotatable bonds is 2. The van der Waals surface area contributed by atoms with E-state index in [0.29, 0.717) is 0 Å². The van der Waals surface area contributed by atoms with Crippen LogP contribution < -0.4 is 0 Å². The summed E-state index contributed by atoms with van der Waals surface area (Å²) < 4.78 is 9.42. The molecule has 0 aromatic heterocycles. The predicted octanol–water partition coefficient (Wildman–Crippen LogP) is 2.45. The quantitative estimate of drug-likeness (QED) is 0.676. The Kier molecular flexibility index (Phi) is 4.76. The van der Waals surface area contributed by atoms with Crippen molar-refractivity contribution >= 4 is 11.9 Å². The Hall–Kier alpha value is -1.58. The lowest BCUT2D eigenvalue weighted by Crippen LogP contribution is -2.03. The molecule has 0 N–H and O–H groups in total. The van der Waals surface area contributed by atoms with Crippen LogP contribution in [-0.4, -0.2) is 11.9 Å². The van der Waals surface area contributed by atoms with Crippen LogP contribution in [0.2, 0.25) is 0 Å². The third kappa shape index (κ3) is 4.77. The summed E-state index contributed by atoms with van der Waals surface area (Å²) in [4.78, 5) is 20.4. The summed E-state index contributed by atoms with van der Waals surface area (Å²) in [6.45, 7) is 2.83. The first-order valence-electron chi connectivity index (χ1n) is 5.33. The fraction of sp³-hybridized carbons (Fsp3) is 0.500. The van der Waals surface area contributed by atoms with E-state index in [-0.39, 0.29) is 11.9 Å². The topological polar surface area (TPSA) is 52.6 Å². The molecule has 0 aromatic carbocycles. The van der Waals surface area contributed by atoms with E-state index in [2.05, 4.69) is 0 Å². The summed E-state index contributed by atoms with van der Waals surface area (Å²) in [6, 6.07) is 0. The molecule has 0 aromatic rings. The predicted molar refractivity (Wildman–Crippen MR) is 58.2 cm³/mol. The minimum atomic E-state index is -0.212. The molecular formula is C12H16O4. The Morgan fingerprint density at radius 1 is 0.938 bits per heavy atom. The molecule has 0 atom stereocenters. The highest BCUT2D eigenvalue weighted by Crippen LogP contribution is 2.18. The molecule has 2 aliphatic carbocycles. The second kappa shape index (κ2) is 6.10. The Balaban J connectivity index is 0.000000160. The van der Waals surface area contributed by atoms with Crippen molar-refractivity contribution in [1.82, 2.24) is 0 Å². The van der Waals surface area contributed by atoms with Crippen molar-refractivity contribution in [1.29, 1.82) is 0 Å². The van der Waals surface area contributed by atoms with E-state index in [1.54, 1.807) is 0 Å². The number of hydrogen-bond acceptors (Lipinski definition) is 4. The van der Waals surface area contributed by atoms with E-state index in [1.807, 2.05) is 12.2 Å². The molecule has 0 amide bonds. The van der Waals surface area contributed by atoms with Gasteiger partial charge in [0.15, 0.2) is 0 Å². The number of ether oxygens (including phenoxy) is 2. The zero-order valence-electron chi connectivity index (χ0n) is 9.62. The van der Waals surface area contributed by atoms with Crippen molar-refractivity contribution in [2.24, 2.45) is 0 Å². The van der Waals surface area contributed by atoms with Crippen molar-refractivity contribution < 1.29 is 19.1 Å². The zero-order chi connectivity index (χ0) is 12.0. The molecule has 88 valence electrons. The molecule has 0 radical (unpaired) electrons. The van der Waals surface area contributed by atoms with Crippen molar-refractivity contribution in [3.05, 3.63) is 23.7 Å². The van der Waals surface area contributed by atoms with Gasteiger partial charge in [-0.25, -0.2) is 0 Å². The van der Waals surface area contributed by atoms with Gasteiger partial charge in [-0.1, -0.05) is 0 Å². The normalized spacial score (nSPS) is 16.4. The van der Waals surface area contributed by atoms with Crippen LogP contribution >= 0.6 is 0 Å². The molecule has 0 spiro atoms. The summed E-state index contributed by atoms with van der Waals surface area (Å²) in [5, 5.41) is 0. The fourth-order valence-electron chi connectivity index (χ4n) is 1.08. The van der Waals surface area contributed by atoms with Gasteiger partial charge in [0.05, 0.1) is 0 Å². The average Bonchev–Trinajstić information content (AvgIpc) is 2.05. The smallest absolute Gasteiger partial charge is 0.307 e. The second-order valence-electron chi connectivity index (χ2n) is 3.61. The van der Waals surface area contributed by atoms with Crippen molar-refractivity contribution in [2.75, 3.05) is 0 Å². The summed E-state index contributed by atoms with van der Waals surface area (Å²) in [5.74, 6) is 1.24. The Bertz CT molecular complexity index is 305. The highest BCUT2D eigenvalue weighted by molar-refractivity contribution is 5.67. The van der Waals surface area contributed by atoms with Crippen LogP contribution in [0.25, 0.3) is 0 Å². The van der Waals surface area contributed by atoms with Gasteiger partial charge in [-0.2, -0.15) is 0 Å². The van der Waals surface area contributed by atoms with Gasteiger partial charge in [0, 0.05) is 26.7 Å². The Labute approximate surface area is 94.9 Å². The first kappa shape index (κ1) is 12.5. The van der Waals surface area contributed by atoms with Crippen LogP contribution in [-0.2, 0) is 19.1 Å². The molecule has 2 aliphatic rings. The largest absolute Gasteiger partial charge is 0.432 e. The first-order valence-corrected chi connectivity index (χ1v) is 5.33. The van der Waals surface area contributed by atoms with Crippen molar-refractivity contribution in [2.45, 2.75) is 39.5 Å². The maximum Gasteiger partial charge on any atom is 0.307 e. The molecule has 16 heavy (non-hydrogen) atoms. The first-order chi connectivity index (χ1) is 7.58. The minimum Gasteiger partial charge on any atom is -0.432 e. The van der Waals surface area contributed by atoms with Crippen LogP contribution in [0.4, 0.5) is 0 Å². The third-order valence-electron chi connectivity index (χ3n) is 2.08. The molecule has 4 nitrogen and oxygen atoms in total. The van der Waals surface area contributed by atoms with E-state index >= 15 is 0 Å². The molecule has 4 heteroatoms. The highest BCUT2D eigenvalue weighted by atomic mass is 16.5. The highest BCUT2D eigenvalue weighted by Gasteiger charge is 2.08. The summed E-state index contributed by atoms with van der Waals surface area (Å²) in [6.07, 6.45) is 7.81. The number of carbonyl (C=O) groups is 2. The average molecular weight is 224 g/mol. The van der Waals surface area contributed by atoms with Crippen LogP contribution in [0.5, 0.6) is 0 Å². The number of carbonyl (C=O) groups excluding carboxylic acids is 2. The minimum absolute atomic E-state index is 0.212. The van der Waals surface area contributed by atoms with Crippen LogP contribution in [0.15, 0.2) is 23.7 Å². The monoisotopic (exact) mass is 224 g/mol.